The minimum absolute atomic E-state index is 0.320. The third-order valence-corrected chi connectivity index (χ3v) is 3.58. The topological polar surface area (TPSA) is 34.1 Å². The summed E-state index contributed by atoms with van der Waals surface area (Å²) in [5.74, 6) is 0.160. The number of nitrogens with one attached hydrogen (secondary N) is 1. The number of benzene rings is 1. The first-order valence-corrected chi connectivity index (χ1v) is 7.10. The van der Waals surface area contributed by atoms with Crippen molar-refractivity contribution in [3.05, 3.63) is 51.5 Å². The highest BCUT2D eigenvalue weighted by atomic mass is 79.9. The summed E-state index contributed by atoms with van der Waals surface area (Å²) in [6, 6.07) is 6.20. The SMILES string of the molecule is COc1cccc(F)c1C(C)Nc1cc(Br)cnc1Cl. The number of anilines is 1. The number of ether oxygens (including phenoxy) is 1. The van der Waals surface area contributed by atoms with Gasteiger partial charge in [-0.2, -0.15) is 0 Å². The summed E-state index contributed by atoms with van der Waals surface area (Å²) in [5.41, 5.74) is 1.07. The fourth-order valence-corrected chi connectivity index (χ4v) is 2.43. The molecule has 1 aromatic heterocycles. The van der Waals surface area contributed by atoms with Gasteiger partial charge in [-0.15, -0.1) is 0 Å². The van der Waals surface area contributed by atoms with Crippen LogP contribution in [0.25, 0.3) is 0 Å². The highest BCUT2D eigenvalue weighted by Gasteiger charge is 2.17. The highest BCUT2D eigenvalue weighted by molar-refractivity contribution is 9.10. The second-order valence-electron chi connectivity index (χ2n) is 4.21. The van der Waals surface area contributed by atoms with Gasteiger partial charge in [0.2, 0.25) is 0 Å². The van der Waals surface area contributed by atoms with Crippen LogP contribution in [-0.4, -0.2) is 12.1 Å². The monoisotopic (exact) mass is 358 g/mol. The van der Waals surface area contributed by atoms with E-state index in [-0.39, 0.29) is 11.9 Å². The Labute approximate surface area is 130 Å². The zero-order valence-electron chi connectivity index (χ0n) is 11.0. The third-order valence-electron chi connectivity index (χ3n) is 2.84. The van der Waals surface area contributed by atoms with Gasteiger partial charge >= 0.3 is 0 Å². The zero-order chi connectivity index (χ0) is 14.7. The molecule has 0 radical (unpaired) electrons. The van der Waals surface area contributed by atoms with Crippen LogP contribution in [0.3, 0.4) is 0 Å². The van der Waals surface area contributed by atoms with Gasteiger partial charge in [-0.05, 0) is 41.1 Å². The maximum absolute atomic E-state index is 14.0. The van der Waals surface area contributed by atoms with Gasteiger partial charge in [-0.25, -0.2) is 9.37 Å². The molecule has 6 heteroatoms. The lowest BCUT2D eigenvalue weighted by Crippen LogP contribution is -2.11. The molecule has 2 rings (SSSR count). The largest absolute Gasteiger partial charge is 0.496 e. The molecule has 3 nitrogen and oxygen atoms in total. The summed E-state index contributed by atoms with van der Waals surface area (Å²) in [6.07, 6.45) is 1.60. The van der Waals surface area contributed by atoms with E-state index in [0.29, 0.717) is 22.2 Å². The summed E-state index contributed by atoms with van der Waals surface area (Å²) >= 11 is 9.35. The fraction of sp³-hybridized carbons (Fsp3) is 0.214. The summed E-state index contributed by atoms with van der Waals surface area (Å²) in [6.45, 7) is 1.83. The molecular weight excluding hydrogens is 347 g/mol. The lowest BCUT2D eigenvalue weighted by Gasteiger charge is -2.19. The van der Waals surface area contributed by atoms with Gasteiger partial charge in [0.05, 0.1) is 24.4 Å². The number of halogens is 3. The number of hydrogen-bond donors (Lipinski definition) is 1. The van der Waals surface area contributed by atoms with Crippen molar-refractivity contribution in [2.45, 2.75) is 13.0 Å². The molecule has 2 aromatic rings. The van der Waals surface area contributed by atoms with E-state index in [1.165, 1.54) is 13.2 Å². The maximum atomic E-state index is 14.0. The number of hydrogen-bond acceptors (Lipinski definition) is 3. The van der Waals surface area contributed by atoms with E-state index in [0.717, 1.165) is 4.47 Å². The second kappa shape index (κ2) is 6.41. The molecule has 20 heavy (non-hydrogen) atoms. The quantitative estimate of drug-likeness (QED) is 0.795. The number of pyridine rings is 1. The van der Waals surface area contributed by atoms with Crippen LogP contribution in [0.1, 0.15) is 18.5 Å². The predicted octanol–water partition coefficient (Wildman–Crippen LogP) is 4.82. The molecule has 0 bridgehead atoms. The van der Waals surface area contributed by atoms with Crippen LogP contribution >= 0.6 is 27.5 Å². The van der Waals surface area contributed by atoms with E-state index in [2.05, 4.69) is 26.2 Å². The Bertz CT molecular complexity index is 624. The number of rotatable bonds is 4. The molecule has 1 heterocycles. The molecule has 106 valence electrons. The lowest BCUT2D eigenvalue weighted by molar-refractivity contribution is 0.402. The summed E-state index contributed by atoms with van der Waals surface area (Å²) in [4.78, 5) is 4.02. The molecule has 0 spiro atoms. The van der Waals surface area contributed by atoms with Crippen molar-refractivity contribution in [2.75, 3.05) is 12.4 Å². The fourth-order valence-electron chi connectivity index (χ4n) is 1.94. The Kier molecular flexibility index (Phi) is 4.83. The standard InChI is InChI=1S/C14H13BrClFN2O/c1-8(13-10(17)4-3-5-12(13)20-2)19-11-6-9(15)7-18-14(11)16/h3-8,19H,1-2H3. The zero-order valence-corrected chi connectivity index (χ0v) is 13.3. The third kappa shape index (κ3) is 3.22. The molecule has 1 unspecified atom stereocenters. The molecule has 0 saturated heterocycles. The van der Waals surface area contributed by atoms with Crippen LogP contribution in [-0.2, 0) is 0 Å². The summed E-state index contributed by atoms with van der Waals surface area (Å²) < 4.78 is 20.0. The van der Waals surface area contributed by atoms with Gasteiger partial charge in [0.25, 0.3) is 0 Å². The molecule has 1 atom stereocenters. The van der Waals surface area contributed by atoms with Crippen molar-refractivity contribution < 1.29 is 9.13 Å². The van der Waals surface area contributed by atoms with E-state index in [4.69, 9.17) is 16.3 Å². The molecule has 0 saturated carbocycles. The summed E-state index contributed by atoms with van der Waals surface area (Å²) in [7, 11) is 1.51. The predicted molar refractivity (Wildman–Crippen MR) is 81.9 cm³/mol. The van der Waals surface area contributed by atoms with Crippen molar-refractivity contribution >= 4 is 33.2 Å². The second-order valence-corrected chi connectivity index (χ2v) is 5.49. The maximum Gasteiger partial charge on any atom is 0.152 e. The van der Waals surface area contributed by atoms with Crippen LogP contribution in [0.2, 0.25) is 5.15 Å². The Morgan fingerprint density at radius 3 is 2.90 bits per heavy atom. The Morgan fingerprint density at radius 2 is 2.20 bits per heavy atom. The number of nitrogens with zero attached hydrogens (tertiary/aromatic N) is 1. The van der Waals surface area contributed by atoms with Crippen LogP contribution in [0.15, 0.2) is 34.9 Å². The molecule has 0 fully saturated rings. The minimum Gasteiger partial charge on any atom is -0.496 e. The van der Waals surface area contributed by atoms with Gasteiger partial charge in [0, 0.05) is 10.7 Å². The lowest BCUT2D eigenvalue weighted by atomic mass is 10.1. The number of aromatic nitrogens is 1. The Balaban J connectivity index is 2.33. The van der Waals surface area contributed by atoms with Crippen molar-refractivity contribution in [2.24, 2.45) is 0 Å². The van der Waals surface area contributed by atoms with Gasteiger partial charge < -0.3 is 10.1 Å². The molecule has 1 N–H and O–H groups in total. The van der Waals surface area contributed by atoms with E-state index < -0.39 is 0 Å². The molecule has 0 aliphatic heterocycles. The van der Waals surface area contributed by atoms with Crippen LogP contribution in [0, 0.1) is 5.82 Å². The van der Waals surface area contributed by atoms with Gasteiger partial charge in [0.15, 0.2) is 5.15 Å². The van der Waals surface area contributed by atoms with Gasteiger partial charge in [-0.3, -0.25) is 0 Å². The smallest absolute Gasteiger partial charge is 0.152 e. The minimum atomic E-state index is -0.330. The average molecular weight is 360 g/mol. The Hall–Kier alpha value is -1.33. The first kappa shape index (κ1) is 15.1. The van der Waals surface area contributed by atoms with Crippen LogP contribution < -0.4 is 10.1 Å². The van der Waals surface area contributed by atoms with Gasteiger partial charge in [-0.1, -0.05) is 17.7 Å². The van der Waals surface area contributed by atoms with E-state index in [9.17, 15) is 4.39 Å². The van der Waals surface area contributed by atoms with Gasteiger partial charge in [0.1, 0.15) is 11.6 Å². The number of methoxy groups -OCH3 is 1. The van der Waals surface area contributed by atoms with E-state index in [1.54, 1.807) is 24.4 Å². The van der Waals surface area contributed by atoms with Crippen molar-refractivity contribution in [3.63, 3.8) is 0 Å². The van der Waals surface area contributed by atoms with Crippen LogP contribution in [0.5, 0.6) is 5.75 Å². The average Bonchev–Trinajstić information content (AvgIpc) is 2.42. The first-order valence-electron chi connectivity index (χ1n) is 5.93. The molecule has 0 amide bonds. The first-order chi connectivity index (χ1) is 9.52. The molecular formula is C14H13BrClFN2O. The van der Waals surface area contributed by atoms with Crippen molar-refractivity contribution in [1.29, 1.82) is 0 Å². The molecule has 0 aliphatic rings. The van der Waals surface area contributed by atoms with Crippen molar-refractivity contribution in [1.82, 2.24) is 4.98 Å². The highest BCUT2D eigenvalue weighted by Crippen LogP contribution is 2.32. The normalized spacial score (nSPS) is 12.1. The van der Waals surface area contributed by atoms with Crippen LogP contribution in [0.4, 0.5) is 10.1 Å². The van der Waals surface area contributed by atoms with E-state index in [1.807, 2.05) is 6.92 Å². The van der Waals surface area contributed by atoms with Crippen molar-refractivity contribution in [3.8, 4) is 5.75 Å². The molecule has 1 aromatic carbocycles. The summed E-state index contributed by atoms with van der Waals surface area (Å²) in [5, 5.41) is 3.47. The molecule has 0 aliphatic carbocycles. The van der Waals surface area contributed by atoms with E-state index >= 15 is 0 Å². The Morgan fingerprint density at radius 1 is 1.45 bits per heavy atom.